The first kappa shape index (κ1) is 13.4. The number of rotatable bonds is 6. The van der Waals surface area contributed by atoms with Crippen LogP contribution in [0.2, 0.25) is 0 Å². The van der Waals surface area contributed by atoms with Gasteiger partial charge < -0.3 is 11.1 Å². The minimum absolute atomic E-state index is 0.130. The molecule has 0 aliphatic heterocycles. The maximum Gasteiger partial charge on any atom is 0.227 e. The molecule has 0 spiro atoms. The van der Waals surface area contributed by atoms with Gasteiger partial charge in [-0.25, -0.2) is 0 Å². The summed E-state index contributed by atoms with van der Waals surface area (Å²) in [6.07, 6.45) is 4.83. The second-order valence-electron chi connectivity index (χ2n) is 4.84. The van der Waals surface area contributed by atoms with Gasteiger partial charge in [0.1, 0.15) is 0 Å². The Morgan fingerprint density at radius 2 is 2.06 bits per heavy atom. The first-order valence-electron chi connectivity index (χ1n) is 6.31. The molecular formula is C14H20N2OS. The molecule has 0 heterocycles. The number of hydrogen-bond acceptors (Lipinski definition) is 3. The van der Waals surface area contributed by atoms with Crippen molar-refractivity contribution in [3.05, 3.63) is 29.8 Å². The molecule has 4 heteroatoms. The van der Waals surface area contributed by atoms with Crippen molar-refractivity contribution in [2.24, 2.45) is 11.1 Å². The molecule has 1 amide bonds. The van der Waals surface area contributed by atoms with Gasteiger partial charge in [-0.15, -0.1) is 11.8 Å². The highest BCUT2D eigenvalue weighted by Crippen LogP contribution is 2.44. The van der Waals surface area contributed by atoms with E-state index in [-0.39, 0.29) is 11.3 Å². The highest BCUT2D eigenvalue weighted by Gasteiger charge is 2.48. The van der Waals surface area contributed by atoms with Crippen LogP contribution in [0.3, 0.4) is 0 Å². The second-order valence-corrected chi connectivity index (χ2v) is 5.72. The molecule has 1 saturated carbocycles. The molecule has 0 bridgehead atoms. The molecule has 1 aromatic rings. The third-order valence-corrected chi connectivity index (χ3v) is 4.33. The third kappa shape index (κ3) is 3.06. The first-order chi connectivity index (χ1) is 8.70. The van der Waals surface area contributed by atoms with Gasteiger partial charge in [0, 0.05) is 18.0 Å². The lowest BCUT2D eigenvalue weighted by molar-refractivity contribution is -0.125. The first-order valence-corrected chi connectivity index (χ1v) is 7.54. The number of thioether (sulfide) groups is 1. The van der Waals surface area contributed by atoms with E-state index < -0.39 is 0 Å². The maximum atomic E-state index is 11.9. The summed E-state index contributed by atoms with van der Waals surface area (Å²) in [6.45, 7) is 1.17. The topological polar surface area (TPSA) is 55.1 Å². The Hall–Kier alpha value is -1.00. The SMILES string of the molecule is CSc1ccc(CCNC(=O)C2(CN)CC2)cc1. The lowest BCUT2D eigenvalue weighted by Crippen LogP contribution is -2.37. The van der Waals surface area contributed by atoms with Crippen LogP contribution in [0.1, 0.15) is 18.4 Å². The van der Waals surface area contributed by atoms with E-state index in [9.17, 15) is 4.79 Å². The molecule has 3 N–H and O–H groups in total. The van der Waals surface area contributed by atoms with Gasteiger partial charge in [-0.05, 0) is 43.2 Å². The summed E-state index contributed by atoms with van der Waals surface area (Å²) in [4.78, 5) is 13.1. The van der Waals surface area contributed by atoms with Gasteiger partial charge >= 0.3 is 0 Å². The fourth-order valence-electron chi connectivity index (χ4n) is 1.97. The average Bonchev–Trinajstić information content (AvgIpc) is 3.20. The van der Waals surface area contributed by atoms with Crippen molar-refractivity contribution in [2.75, 3.05) is 19.3 Å². The number of nitrogens with one attached hydrogen (secondary N) is 1. The summed E-state index contributed by atoms with van der Waals surface area (Å²) < 4.78 is 0. The molecule has 0 radical (unpaired) electrons. The van der Waals surface area contributed by atoms with E-state index in [2.05, 4.69) is 35.8 Å². The van der Waals surface area contributed by atoms with Crippen molar-refractivity contribution in [2.45, 2.75) is 24.2 Å². The number of nitrogens with two attached hydrogens (primary N) is 1. The number of benzene rings is 1. The molecule has 1 fully saturated rings. The van der Waals surface area contributed by atoms with Crippen molar-refractivity contribution in [3.63, 3.8) is 0 Å². The molecule has 0 atom stereocenters. The fourth-order valence-corrected chi connectivity index (χ4v) is 2.38. The lowest BCUT2D eigenvalue weighted by Gasteiger charge is -2.12. The van der Waals surface area contributed by atoms with Crippen LogP contribution in [-0.2, 0) is 11.2 Å². The van der Waals surface area contributed by atoms with Gasteiger partial charge in [-0.2, -0.15) is 0 Å². The number of hydrogen-bond donors (Lipinski definition) is 2. The van der Waals surface area contributed by atoms with Crippen molar-refractivity contribution >= 4 is 17.7 Å². The molecular weight excluding hydrogens is 244 g/mol. The van der Waals surface area contributed by atoms with Crippen molar-refractivity contribution in [3.8, 4) is 0 Å². The third-order valence-electron chi connectivity index (χ3n) is 3.58. The zero-order valence-corrected chi connectivity index (χ0v) is 11.6. The maximum absolute atomic E-state index is 11.9. The summed E-state index contributed by atoms with van der Waals surface area (Å²) in [6, 6.07) is 8.47. The molecule has 18 heavy (non-hydrogen) atoms. The van der Waals surface area contributed by atoms with Gasteiger partial charge in [0.15, 0.2) is 0 Å². The fraction of sp³-hybridized carbons (Fsp3) is 0.500. The summed E-state index contributed by atoms with van der Waals surface area (Å²) in [5, 5.41) is 2.99. The largest absolute Gasteiger partial charge is 0.355 e. The molecule has 1 aromatic carbocycles. The van der Waals surface area contributed by atoms with E-state index in [4.69, 9.17) is 5.73 Å². The van der Waals surface area contributed by atoms with Crippen LogP contribution in [0.4, 0.5) is 0 Å². The average molecular weight is 264 g/mol. The quantitative estimate of drug-likeness (QED) is 0.770. The van der Waals surface area contributed by atoms with Crippen LogP contribution in [0.15, 0.2) is 29.2 Å². The van der Waals surface area contributed by atoms with Crippen molar-refractivity contribution in [1.82, 2.24) is 5.32 Å². The zero-order valence-electron chi connectivity index (χ0n) is 10.7. The Labute approximate surface area is 113 Å². The van der Waals surface area contributed by atoms with Crippen molar-refractivity contribution < 1.29 is 4.79 Å². The van der Waals surface area contributed by atoms with Gasteiger partial charge in [-0.3, -0.25) is 4.79 Å². The summed E-state index contributed by atoms with van der Waals surface area (Å²) in [7, 11) is 0. The van der Waals surface area contributed by atoms with Crippen LogP contribution >= 0.6 is 11.8 Å². The van der Waals surface area contributed by atoms with Crippen LogP contribution in [-0.4, -0.2) is 25.3 Å². The Kier molecular flexibility index (Phi) is 4.30. The predicted molar refractivity (Wildman–Crippen MR) is 75.7 cm³/mol. The molecule has 3 nitrogen and oxygen atoms in total. The zero-order chi connectivity index (χ0) is 13.0. The van der Waals surface area contributed by atoms with Crippen LogP contribution in [0.5, 0.6) is 0 Å². The summed E-state index contributed by atoms with van der Waals surface area (Å²) >= 11 is 1.74. The highest BCUT2D eigenvalue weighted by atomic mass is 32.2. The minimum atomic E-state index is -0.233. The van der Waals surface area contributed by atoms with E-state index in [1.807, 2.05) is 0 Å². The number of amides is 1. The molecule has 1 aliphatic carbocycles. The Bertz CT molecular complexity index is 412. The summed E-state index contributed by atoms with van der Waals surface area (Å²) in [5.74, 6) is 0.130. The van der Waals surface area contributed by atoms with E-state index in [1.165, 1.54) is 10.5 Å². The summed E-state index contributed by atoms with van der Waals surface area (Å²) in [5.41, 5.74) is 6.64. The van der Waals surface area contributed by atoms with Gasteiger partial charge in [0.25, 0.3) is 0 Å². The Balaban J connectivity index is 1.76. The molecule has 0 unspecified atom stereocenters. The lowest BCUT2D eigenvalue weighted by atomic mass is 10.1. The standard InChI is InChI=1S/C14H20N2OS/c1-18-12-4-2-11(3-5-12)6-9-16-13(17)14(10-15)7-8-14/h2-5H,6-10,15H2,1H3,(H,16,17). The highest BCUT2D eigenvalue weighted by molar-refractivity contribution is 7.98. The van der Waals surface area contributed by atoms with E-state index in [0.717, 1.165) is 19.3 Å². The molecule has 2 rings (SSSR count). The minimum Gasteiger partial charge on any atom is -0.355 e. The van der Waals surface area contributed by atoms with E-state index in [0.29, 0.717) is 13.1 Å². The van der Waals surface area contributed by atoms with Gasteiger partial charge in [0.05, 0.1) is 5.41 Å². The van der Waals surface area contributed by atoms with Crippen LogP contribution in [0, 0.1) is 5.41 Å². The van der Waals surface area contributed by atoms with Crippen LogP contribution < -0.4 is 11.1 Å². The van der Waals surface area contributed by atoms with Gasteiger partial charge in [0.2, 0.25) is 5.91 Å². The molecule has 1 aliphatic rings. The molecule has 98 valence electrons. The second kappa shape index (κ2) is 5.76. The van der Waals surface area contributed by atoms with Crippen LogP contribution in [0.25, 0.3) is 0 Å². The molecule has 0 aromatic heterocycles. The number of carbonyl (C=O) groups excluding carboxylic acids is 1. The smallest absolute Gasteiger partial charge is 0.227 e. The van der Waals surface area contributed by atoms with E-state index in [1.54, 1.807) is 11.8 Å². The predicted octanol–water partition coefficient (Wildman–Crippen LogP) is 1.81. The van der Waals surface area contributed by atoms with Crippen molar-refractivity contribution in [1.29, 1.82) is 0 Å². The monoisotopic (exact) mass is 264 g/mol. The number of carbonyl (C=O) groups is 1. The van der Waals surface area contributed by atoms with E-state index >= 15 is 0 Å². The Morgan fingerprint density at radius 3 is 2.56 bits per heavy atom. The Morgan fingerprint density at radius 1 is 1.39 bits per heavy atom. The normalized spacial score (nSPS) is 16.3. The van der Waals surface area contributed by atoms with Gasteiger partial charge in [-0.1, -0.05) is 12.1 Å². The molecule has 0 saturated heterocycles.